The third-order valence-corrected chi connectivity index (χ3v) is 4.69. The Morgan fingerprint density at radius 1 is 1.25 bits per heavy atom. The minimum absolute atomic E-state index is 0.0564. The first-order chi connectivity index (χ1) is 13.3. The molecule has 1 aromatic heterocycles. The van der Waals surface area contributed by atoms with Gasteiger partial charge >= 0.3 is 5.97 Å². The van der Waals surface area contributed by atoms with Crippen LogP contribution in [-0.2, 0) is 20.8 Å². The predicted octanol–water partition coefficient (Wildman–Crippen LogP) is -0.491. The standard InChI is InChI=1S/C18H32N6O4/c1-3-11(2)15(24-16(25)13(20)6-4-5-7-19)17(26)23-14(18(27)28)8-12-9-21-10-22-12/h9-11,13-15H,3-8,19-20H2,1-2H3,(H,21,22)(H,23,26)(H,24,25)(H,27,28). The number of aromatic nitrogens is 2. The number of aliphatic carboxylic acids is 1. The van der Waals surface area contributed by atoms with Gasteiger partial charge < -0.3 is 32.2 Å². The first kappa shape index (κ1) is 23.6. The molecule has 0 aliphatic carbocycles. The molecule has 8 N–H and O–H groups in total. The number of nitrogens with one attached hydrogen (secondary N) is 3. The summed E-state index contributed by atoms with van der Waals surface area (Å²) in [6.07, 6.45) is 5.57. The van der Waals surface area contributed by atoms with Crippen molar-refractivity contribution in [1.29, 1.82) is 0 Å². The number of imidazole rings is 1. The van der Waals surface area contributed by atoms with Crippen molar-refractivity contribution in [2.75, 3.05) is 6.54 Å². The van der Waals surface area contributed by atoms with E-state index in [1.807, 2.05) is 13.8 Å². The molecule has 0 aliphatic heterocycles. The second kappa shape index (κ2) is 12.1. The molecule has 4 unspecified atom stereocenters. The molecule has 1 rings (SSSR count). The van der Waals surface area contributed by atoms with E-state index in [0.29, 0.717) is 25.1 Å². The van der Waals surface area contributed by atoms with Crippen LogP contribution in [0, 0.1) is 5.92 Å². The van der Waals surface area contributed by atoms with E-state index in [0.717, 1.165) is 12.8 Å². The topological polar surface area (TPSA) is 176 Å². The van der Waals surface area contributed by atoms with Crippen molar-refractivity contribution in [2.45, 2.75) is 64.1 Å². The molecule has 158 valence electrons. The molecule has 10 nitrogen and oxygen atoms in total. The van der Waals surface area contributed by atoms with E-state index in [1.165, 1.54) is 12.5 Å². The fraction of sp³-hybridized carbons (Fsp3) is 0.667. The molecule has 0 saturated carbocycles. The van der Waals surface area contributed by atoms with Crippen molar-refractivity contribution in [2.24, 2.45) is 17.4 Å². The Kier molecular flexibility index (Phi) is 10.2. The van der Waals surface area contributed by atoms with Gasteiger partial charge in [-0.25, -0.2) is 9.78 Å². The number of nitrogens with two attached hydrogens (primary N) is 2. The van der Waals surface area contributed by atoms with Crippen LogP contribution in [0.2, 0.25) is 0 Å². The monoisotopic (exact) mass is 396 g/mol. The Hall–Kier alpha value is -2.46. The zero-order chi connectivity index (χ0) is 21.1. The molecule has 0 fully saturated rings. The van der Waals surface area contributed by atoms with Crippen molar-refractivity contribution >= 4 is 17.8 Å². The number of amides is 2. The first-order valence-corrected chi connectivity index (χ1v) is 9.56. The maximum absolute atomic E-state index is 12.7. The Morgan fingerprint density at radius 3 is 2.50 bits per heavy atom. The van der Waals surface area contributed by atoms with Crippen LogP contribution in [0.15, 0.2) is 12.5 Å². The minimum atomic E-state index is -1.17. The van der Waals surface area contributed by atoms with Gasteiger partial charge in [0.05, 0.1) is 12.4 Å². The highest BCUT2D eigenvalue weighted by molar-refractivity contribution is 5.92. The van der Waals surface area contributed by atoms with Crippen molar-refractivity contribution in [3.63, 3.8) is 0 Å². The van der Waals surface area contributed by atoms with Gasteiger partial charge in [0, 0.05) is 18.3 Å². The third-order valence-electron chi connectivity index (χ3n) is 4.69. The summed E-state index contributed by atoms with van der Waals surface area (Å²) in [6.45, 7) is 4.23. The number of carboxylic acids is 1. The summed E-state index contributed by atoms with van der Waals surface area (Å²) in [5.41, 5.74) is 11.9. The SMILES string of the molecule is CCC(C)C(NC(=O)C(N)CCCCN)C(=O)NC(Cc1cnc[nH]1)C(=O)O. The normalized spacial score (nSPS) is 15.3. The van der Waals surface area contributed by atoms with Crippen LogP contribution in [0.25, 0.3) is 0 Å². The number of nitrogens with zero attached hydrogens (tertiary/aromatic N) is 1. The van der Waals surface area contributed by atoms with E-state index in [2.05, 4.69) is 20.6 Å². The highest BCUT2D eigenvalue weighted by atomic mass is 16.4. The van der Waals surface area contributed by atoms with Crippen LogP contribution >= 0.6 is 0 Å². The lowest BCUT2D eigenvalue weighted by molar-refractivity contribution is -0.142. The molecule has 1 aromatic rings. The van der Waals surface area contributed by atoms with Crippen LogP contribution in [0.4, 0.5) is 0 Å². The van der Waals surface area contributed by atoms with E-state index >= 15 is 0 Å². The summed E-state index contributed by atoms with van der Waals surface area (Å²) >= 11 is 0. The van der Waals surface area contributed by atoms with Gasteiger partial charge in [-0.1, -0.05) is 26.7 Å². The Bertz CT molecular complexity index is 622. The van der Waals surface area contributed by atoms with Gasteiger partial charge in [0.1, 0.15) is 12.1 Å². The number of carboxylic acid groups (broad SMARTS) is 1. The lowest BCUT2D eigenvalue weighted by atomic mass is 9.97. The van der Waals surface area contributed by atoms with Crippen LogP contribution in [-0.4, -0.2) is 57.5 Å². The summed E-state index contributed by atoms with van der Waals surface area (Å²) < 4.78 is 0. The van der Waals surface area contributed by atoms with Crippen molar-refractivity contribution in [1.82, 2.24) is 20.6 Å². The second-order valence-corrected chi connectivity index (χ2v) is 6.94. The molecule has 10 heteroatoms. The van der Waals surface area contributed by atoms with Crippen molar-refractivity contribution < 1.29 is 19.5 Å². The quantitative estimate of drug-likeness (QED) is 0.244. The molecule has 2 amide bonds. The van der Waals surface area contributed by atoms with E-state index in [1.54, 1.807) is 0 Å². The van der Waals surface area contributed by atoms with Crippen LogP contribution in [0.3, 0.4) is 0 Å². The molecule has 0 bridgehead atoms. The number of hydrogen-bond donors (Lipinski definition) is 6. The van der Waals surface area contributed by atoms with Gasteiger partial charge in [-0.15, -0.1) is 0 Å². The highest BCUT2D eigenvalue weighted by Gasteiger charge is 2.31. The smallest absolute Gasteiger partial charge is 0.326 e. The highest BCUT2D eigenvalue weighted by Crippen LogP contribution is 2.10. The predicted molar refractivity (Wildman–Crippen MR) is 104 cm³/mol. The van der Waals surface area contributed by atoms with Gasteiger partial charge in [0.2, 0.25) is 11.8 Å². The molecule has 0 aliphatic rings. The van der Waals surface area contributed by atoms with Crippen LogP contribution in [0.5, 0.6) is 0 Å². The molecule has 0 radical (unpaired) electrons. The van der Waals surface area contributed by atoms with Crippen molar-refractivity contribution in [3.05, 3.63) is 18.2 Å². The molecule has 0 aromatic carbocycles. The number of carbonyl (C=O) groups is 3. The lowest BCUT2D eigenvalue weighted by Crippen LogP contribution is -2.57. The zero-order valence-corrected chi connectivity index (χ0v) is 16.5. The first-order valence-electron chi connectivity index (χ1n) is 9.56. The number of unbranched alkanes of at least 4 members (excludes halogenated alkanes) is 1. The fourth-order valence-corrected chi connectivity index (χ4v) is 2.68. The van der Waals surface area contributed by atoms with E-state index < -0.39 is 35.9 Å². The van der Waals surface area contributed by atoms with Gasteiger partial charge in [-0.05, 0) is 25.3 Å². The molecule has 28 heavy (non-hydrogen) atoms. The van der Waals surface area contributed by atoms with Crippen LogP contribution < -0.4 is 22.1 Å². The number of aromatic amines is 1. The Balaban J connectivity index is 2.77. The molecule has 0 saturated heterocycles. The number of carbonyl (C=O) groups excluding carboxylic acids is 2. The molecule has 1 heterocycles. The fourth-order valence-electron chi connectivity index (χ4n) is 2.68. The van der Waals surface area contributed by atoms with E-state index in [9.17, 15) is 19.5 Å². The maximum Gasteiger partial charge on any atom is 0.326 e. The van der Waals surface area contributed by atoms with E-state index in [4.69, 9.17) is 11.5 Å². The summed E-state index contributed by atoms with van der Waals surface area (Å²) in [5.74, 6) is -2.35. The second-order valence-electron chi connectivity index (χ2n) is 6.94. The molecular weight excluding hydrogens is 364 g/mol. The summed E-state index contributed by atoms with van der Waals surface area (Å²) in [4.78, 5) is 43.3. The molecule has 0 spiro atoms. The Morgan fingerprint density at radius 2 is 1.96 bits per heavy atom. The lowest BCUT2D eigenvalue weighted by Gasteiger charge is -2.26. The Labute approximate surface area is 164 Å². The number of rotatable bonds is 13. The van der Waals surface area contributed by atoms with Crippen molar-refractivity contribution in [3.8, 4) is 0 Å². The summed E-state index contributed by atoms with van der Waals surface area (Å²) in [6, 6.07) is -2.76. The van der Waals surface area contributed by atoms with Gasteiger partial charge in [0.15, 0.2) is 0 Å². The van der Waals surface area contributed by atoms with E-state index in [-0.39, 0.29) is 12.3 Å². The van der Waals surface area contributed by atoms with Gasteiger partial charge in [-0.3, -0.25) is 9.59 Å². The average Bonchev–Trinajstić information content (AvgIpc) is 3.17. The third kappa shape index (κ3) is 7.65. The number of H-pyrrole nitrogens is 1. The molecule has 4 atom stereocenters. The average molecular weight is 396 g/mol. The summed E-state index contributed by atoms with van der Waals surface area (Å²) in [5, 5.41) is 14.6. The summed E-state index contributed by atoms with van der Waals surface area (Å²) in [7, 11) is 0. The molecular formula is C18H32N6O4. The van der Waals surface area contributed by atoms with Gasteiger partial charge in [-0.2, -0.15) is 0 Å². The zero-order valence-electron chi connectivity index (χ0n) is 16.5. The largest absolute Gasteiger partial charge is 0.480 e. The minimum Gasteiger partial charge on any atom is -0.480 e. The number of hydrogen-bond acceptors (Lipinski definition) is 6. The maximum atomic E-state index is 12.7. The van der Waals surface area contributed by atoms with Gasteiger partial charge in [0.25, 0.3) is 0 Å². The van der Waals surface area contributed by atoms with Crippen LogP contribution in [0.1, 0.15) is 45.2 Å².